The number of benzene rings is 2. The van der Waals surface area contributed by atoms with E-state index in [1.165, 1.54) is 11.1 Å². The van der Waals surface area contributed by atoms with E-state index < -0.39 is 0 Å². The Labute approximate surface area is 121 Å². The second kappa shape index (κ2) is 7.11. The average molecular weight is 269 g/mol. The Morgan fingerprint density at radius 1 is 0.950 bits per heavy atom. The topological polar surface area (TPSA) is 35.2 Å². The van der Waals surface area contributed by atoms with E-state index in [1.54, 1.807) is 0 Å². The summed E-state index contributed by atoms with van der Waals surface area (Å²) in [5.41, 5.74) is 9.74. The molecule has 0 aliphatic rings. The van der Waals surface area contributed by atoms with Crippen molar-refractivity contribution in [1.29, 1.82) is 0 Å². The fourth-order valence-corrected chi connectivity index (χ4v) is 2.17. The lowest BCUT2D eigenvalue weighted by atomic mass is 10.0. The summed E-state index contributed by atoms with van der Waals surface area (Å²) < 4.78 is 5.94. The van der Waals surface area contributed by atoms with Crippen molar-refractivity contribution in [3.63, 3.8) is 0 Å². The van der Waals surface area contributed by atoms with Crippen molar-refractivity contribution >= 4 is 0 Å². The van der Waals surface area contributed by atoms with Crippen molar-refractivity contribution in [2.24, 2.45) is 5.73 Å². The number of aryl methyl sites for hydroxylation is 1. The molecule has 1 atom stereocenters. The lowest BCUT2D eigenvalue weighted by Gasteiger charge is -2.15. The third-order valence-corrected chi connectivity index (χ3v) is 3.58. The zero-order valence-corrected chi connectivity index (χ0v) is 12.3. The van der Waals surface area contributed by atoms with Gasteiger partial charge in [-0.25, -0.2) is 0 Å². The molecule has 0 aliphatic carbocycles. The van der Waals surface area contributed by atoms with Crippen LogP contribution in [0.25, 0.3) is 0 Å². The molecule has 2 heteroatoms. The molecule has 0 aliphatic heterocycles. The van der Waals surface area contributed by atoms with Crippen LogP contribution >= 0.6 is 0 Å². The Bertz CT molecular complexity index is 533. The number of ether oxygens (including phenoxy) is 1. The van der Waals surface area contributed by atoms with Crippen LogP contribution in [0.2, 0.25) is 0 Å². The monoisotopic (exact) mass is 269 g/mol. The quantitative estimate of drug-likeness (QED) is 0.851. The summed E-state index contributed by atoms with van der Waals surface area (Å²) in [6.45, 7) is 4.83. The molecule has 106 valence electrons. The third-order valence-electron chi connectivity index (χ3n) is 3.58. The van der Waals surface area contributed by atoms with Gasteiger partial charge in [-0.2, -0.15) is 0 Å². The lowest BCUT2D eigenvalue weighted by Crippen LogP contribution is -2.10. The second-order valence-electron chi connectivity index (χ2n) is 5.01. The molecule has 0 bridgehead atoms. The molecule has 0 saturated heterocycles. The van der Waals surface area contributed by atoms with Crippen molar-refractivity contribution < 1.29 is 4.74 Å². The van der Waals surface area contributed by atoms with Crippen molar-refractivity contribution in [2.75, 3.05) is 0 Å². The molecule has 2 N–H and O–H groups in total. The van der Waals surface area contributed by atoms with Crippen LogP contribution in [-0.2, 0) is 13.0 Å². The molecule has 2 aromatic rings. The molecule has 0 fully saturated rings. The Morgan fingerprint density at radius 3 is 2.25 bits per heavy atom. The first-order chi connectivity index (χ1) is 9.74. The highest BCUT2D eigenvalue weighted by atomic mass is 16.5. The average Bonchev–Trinajstić information content (AvgIpc) is 2.53. The van der Waals surface area contributed by atoms with Crippen LogP contribution in [-0.4, -0.2) is 0 Å². The molecule has 1 unspecified atom stereocenters. The highest BCUT2D eigenvalue weighted by molar-refractivity contribution is 5.36. The van der Waals surface area contributed by atoms with E-state index in [2.05, 4.69) is 38.1 Å². The molecule has 0 heterocycles. The molecule has 2 aromatic carbocycles. The van der Waals surface area contributed by atoms with Crippen LogP contribution in [0.3, 0.4) is 0 Å². The van der Waals surface area contributed by atoms with Gasteiger partial charge in [0, 0.05) is 11.6 Å². The van der Waals surface area contributed by atoms with E-state index in [0.29, 0.717) is 6.61 Å². The van der Waals surface area contributed by atoms with Gasteiger partial charge in [0.1, 0.15) is 12.4 Å². The Morgan fingerprint density at radius 2 is 1.60 bits per heavy atom. The van der Waals surface area contributed by atoms with Gasteiger partial charge in [-0.1, -0.05) is 56.3 Å². The van der Waals surface area contributed by atoms with Gasteiger partial charge >= 0.3 is 0 Å². The molecule has 0 radical (unpaired) electrons. The van der Waals surface area contributed by atoms with Crippen LogP contribution in [0.5, 0.6) is 5.75 Å². The molecular formula is C18H23NO. The molecular weight excluding hydrogens is 246 g/mol. The van der Waals surface area contributed by atoms with E-state index in [0.717, 1.165) is 24.2 Å². The van der Waals surface area contributed by atoms with Gasteiger partial charge in [0.2, 0.25) is 0 Å². The zero-order valence-electron chi connectivity index (χ0n) is 12.3. The van der Waals surface area contributed by atoms with Gasteiger partial charge in [0.25, 0.3) is 0 Å². The van der Waals surface area contributed by atoms with Gasteiger partial charge in [0.05, 0.1) is 0 Å². The van der Waals surface area contributed by atoms with Crippen LogP contribution in [0.4, 0.5) is 0 Å². The van der Waals surface area contributed by atoms with Gasteiger partial charge in [-0.3, -0.25) is 0 Å². The predicted molar refractivity (Wildman–Crippen MR) is 83.8 cm³/mol. The molecule has 20 heavy (non-hydrogen) atoms. The van der Waals surface area contributed by atoms with Gasteiger partial charge in [-0.15, -0.1) is 0 Å². The third kappa shape index (κ3) is 3.61. The maximum absolute atomic E-state index is 6.12. The highest BCUT2D eigenvalue weighted by Crippen LogP contribution is 2.26. The van der Waals surface area contributed by atoms with Crippen molar-refractivity contribution in [2.45, 2.75) is 39.3 Å². The fraction of sp³-hybridized carbons (Fsp3) is 0.333. The molecule has 2 nitrogen and oxygen atoms in total. The van der Waals surface area contributed by atoms with Crippen LogP contribution in [0.15, 0.2) is 48.5 Å². The van der Waals surface area contributed by atoms with Crippen molar-refractivity contribution in [1.82, 2.24) is 0 Å². The van der Waals surface area contributed by atoms with E-state index in [4.69, 9.17) is 10.5 Å². The summed E-state index contributed by atoms with van der Waals surface area (Å²) in [6.07, 6.45) is 1.97. The zero-order chi connectivity index (χ0) is 14.4. The van der Waals surface area contributed by atoms with Gasteiger partial charge in [-0.05, 0) is 30.0 Å². The number of nitrogens with two attached hydrogens (primary N) is 1. The summed E-state index contributed by atoms with van der Waals surface area (Å²) in [4.78, 5) is 0. The number of hydrogen-bond acceptors (Lipinski definition) is 2. The van der Waals surface area contributed by atoms with Crippen LogP contribution in [0, 0.1) is 0 Å². The normalized spacial score (nSPS) is 12.2. The molecule has 0 amide bonds. The van der Waals surface area contributed by atoms with E-state index >= 15 is 0 Å². The maximum Gasteiger partial charge on any atom is 0.124 e. The minimum atomic E-state index is 0.0358. The standard InChI is InChI=1S/C18H23NO/c1-3-14-9-11-15(12-10-14)13-20-18-8-6-5-7-16(18)17(19)4-2/h5-12,17H,3-4,13,19H2,1-2H3. The number of hydrogen-bond donors (Lipinski definition) is 1. The summed E-state index contributed by atoms with van der Waals surface area (Å²) in [7, 11) is 0. The number of rotatable bonds is 6. The minimum absolute atomic E-state index is 0.0358. The molecule has 0 saturated carbocycles. The van der Waals surface area contributed by atoms with Gasteiger partial charge < -0.3 is 10.5 Å². The Kier molecular flexibility index (Phi) is 5.19. The van der Waals surface area contributed by atoms with E-state index in [-0.39, 0.29) is 6.04 Å². The first-order valence-electron chi connectivity index (χ1n) is 7.29. The summed E-state index contributed by atoms with van der Waals surface area (Å²) in [5, 5.41) is 0. The largest absolute Gasteiger partial charge is 0.489 e. The second-order valence-corrected chi connectivity index (χ2v) is 5.01. The van der Waals surface area contributed by atoms with E-state index in [9.17, 15) is 0 Å². The predicted octanol–water partition coefficient (Wildman–Crippen LogP) is 4.24. The first kappa shape index (κ1) is 14.6. The first-order valence-corrected chi connectivity index (χ1v) is 7.29. The lowest BCUT2D eigenvalue weighted by molar-refractivity contribution is 0.300. The van der Waals surface area contributed by atoms with Crippen molar-refractivity contribution in [3.8, 4) is 5.75 Å². The smallest absolute Gasteiger partial charge is 0.124 e. The van der Waals surface area contributed by atoms with E-state index in [1.807, 2.05) is 24.3 Å². The Hall–Kier alpha value is -1.80. The van der Waals surface area contributed by atoms with Crippen molar-refractivity contribution in [3.05, 3.63) is 65.2 Å². The summed E-state index contributed by atoms with van der Waals surface area (Å²) >= 11 is 0. The molecule has 2 rings (SSSR count). The minimum Gasteiger partial charge on any atom is -0.489 e. The van der Waals surface area contributed by atoms with Gasteiger partial charge in [0.15, 0.2) is 0 Å². The molecule has 0 aromatic heterocycles. The maximum atomic E-state index is 6.12. The highest BCUT2D eigenvalue weighted by Gasteiger charge is 2.09. The Balaban J connectivity index is 2.06. The summed E-state index contributed by atoms with van der Waals surface area (Å²) in [5.74, 6) is 0.890. The van der Waals surface area contributed by atoms with Crippen LogP contribution < -0.4 is 10.5 Å². The SMILES string of the molecule is CCc1ccc(COc2ccccc2C(N)CC)cc1. The number of para-hydroxylation sites is 1. The fourth-order valence-electron chi connectivity index (χ4n) is 2.17. The summed E-state index contributed by atoms with van der Waals surface area (Å²) in [6, 6.07) is 16.6. The molecule has 0 spiro atoms. The van der Waals surface area contributed by atoms with Crippen LogP contribution in [0.1, 0.15) is 43.0 Å².